The molecule has 0 atom stereocenters. The van der Waals surface area contributed by atoms with Crippen LogP contribution >= 0.6 is 15.9 Å². The molecule has 2 fully saturated rings. The predicted molar refractivity (Wildman–Crippen MR) is 108 cm³/mol. The summed E-state index contributed by atoms with van der Waals surface area (Å²) in [4.78, 5) is 18.6. The molecule has 1 aromatic carbocycles. The van der Waals surface area contributed by atoms with Crippen LogP contribution in [0.1, 0.15) is 10.4 Å². The monoisotopic (exact) mass is 481 g/mol. The second-order valence-electron chi connectivity index (χ2n) is 6.78. The third-order valence-corrected chi connectivity index (χ3v) is 7.36. The molecule has 2 aliphatic heterocycles. The summed E-state index contributed by atoms with van der Waals surface area (Å²) in [6.07, 6.45) is 1.53. The van der Waals surface area contributed by atoms with Crippen molar-refractivity contribution in [1.82, 2.24) is 14.2 Å². The van der Waals surface area contributed by atoms with Gasteiger partial charge in [-0.2, -0.15) is 4.31 Å². The second kappa shape index (κ2) is 8.39. The van der Waals surface area contributed by atoms with E-state index in [9.17, 15) is 13.2 Å². The first-order chi connectivity index (χ1) is 13.9. The molecule has 2 saturated heterocycles. The van der Waals surface area contributed by atoms with Gasteiger partial charge in [-0.15, -0.1) is 0 Å². The molecule has 0 saturated carbocycles. The maximum absolute atomic E-state index is 12.7. The Morgan fingerprint density at radius 3 is 2.48 bits per heavy atom. The minimum Gasteiger partial charge on any atom is -0.470 e. The van der Waals surface area contributed by atoms with E-state index in [1.54, 1.807) is 29.3 Å². The molecule has 0 aliphatic carbocycles. The number of rotatable bonds is 5. The van der Waals surface area contributed by atoms with Crippen LogP contribution in [0.3, 0.4) is 0 Å². The van der Waals surface area contributed by atoms with E-state index < -0.39 is 10.0 Å². The van der Waals surface area contributed by atoms with Gasteiger partial charge in [0.15, 0.2) is 0 Å². The molecule has 2 aromatic rings. The number of hydrogen-bond acceptors (Lipinski definition) is 6. The quantitative estimate of drug-likeness (QED) is 0.646. The van der Waals surface area contributed by atoms with Gasteiger partial charge in [0.1, 0.15) is 6.10 Å². The van der Waals surface area contributed by atoms with Gasteiger partial charge in [-0.3, -0.25) is 4.79 Å². The highest BCUT2D eigenvalue weighted by Crippen LogP contribution is 2.25. The number of pyridine rings is 1. The Kier molecular flexibility index (Phi) is 5.86. The SMILES string of the molecule is O=C(c1ccc(S(=O)(=O)N2CCOCC2)cc1)N1CC(Oc2ncccc2Br)C1. The number of hydrogen-bond donors (Lipinski definition) is 0. The number of ether oxygens (including phenoxy) is 2. The lowest BCUT2D eigenvalue weighted by molar-refractivity contribution is 0.0157. The fraction of sp³-hybridized carbons (Fsp3) is 0.368. The third kappa shape index (κ3) is 4.30. The van der Waals surface area contributed by atoms with Gasteiger partial charge in [-0.25, -0.2) is 13.4 Å². The molecule has 8 nitrogen and oxygen atoms in total. The number of benzene rings is 1. The van der Waals surface area contributed by atoms with Crippen LogP contribution in [0.2, 0.25) is 0 Å². The number of morpholine rings is 1. The molecule has 0 N–H and O–H groups in total. The van der Waals surface area contributed by atoms with E-state index in [4.69, 9.17) is 9.47 Å². The summed E-state index contributed by atoms with van der Waals surface area (Å²) in [6.45, 7) is 2.37. The Labute approximate surface area is 177 Å². The Bertz CT molecular complexity index is 987. The van der Waals surface area contributed by atoms with E-state index in [1.165, 1.54) is 16.4 Å². The van der Waals surface area contributed by atoms with Gasteiger partial charge in [0.05, 0.1) is 35.7 Å². The van der Waals surface area contributed by atoms with E-state index in [-0.39, 0.29) is 16.9 Å². The lowest BCUT2D eigenvalue weighted by atomic mass is 10.1. The van der Waals surface area contributed by atoms with E-state index in [0.29, 0.717) is 50.8 Å². The normalized spacial score (nSPS) is 18.3. The van der Waals surface area contributed by atoms with E-state index in [0.717, 1.165) is 4.47 Å². The Balaban J connectivity index is 1.36. The first kappa shape index (κ1) is 20.3. The second-order valence-corrected chi connectivity index (χ2v) is 9.57. The Morgan fingerprint density at radius 2 is 1.83 bits per heavy atom. The van der Waals surface area contributed by atoms with Crippen molar-refractivity contribution in [2.75, 3.05) is 39.4 Å². The fourth-order valence-electron chi connectivity index (χ4n) is 3.18. The lowest BCUT2D eigenvalue weighted by Crippen LogP contribution is -2.56. The number of likely N-dealkylation sites (tertiary alicyclic amines) is 1. The molecule has 0 unspecified atom stereocenters. The summed E-state index contributed by atoms with van der Waals surface area (Å²) < 4.78 is 38.5. The minimum absolute atomic E-state index is 0.119. The molecular formula is C19H20BrN3O5S. The highest BCUT2D eigenvalue weighted by Gasteiger charge is 2.34. The maximum Gasteiger partial charge on any atom is 0.254 e. The molecule has 3 heterocycles. The molecule has 154 valence electrons. The average Bonchev–Trinajstić information content (AvgIpc) is 2.72. The van der Waals surface area contributed by atoms with Crippen LogP contribution in [0, 0.1) is 0 Å². The van der Waals surface area contributed by atoms with Crippen molar-refractivity contribution in [2.45, 2.75) is 11.0 Å². The molecule has 1 amide bonds. The molecular weight excluding hydrogens is 462 g/mol. The van der Waals surface area contributed by atoms with Gasteiger partial charge in [0.25, 0.3) is 5.91 Å². The molecule has 0 bridgehead atoms. The molecule has 0 radical (unpaired) electrons. The zero-order valence-corrected chi connectivity index (χ0v) is 17.9. The highest BCUT2D eigenvalue weighted by molar-refractivity contribution is 9.10. The van der Waals surface area contributed by atoms with E-state index in [1.807, 2.05) is 6.07 Å². The summed E-state index contributed by atoms with van der Waals surface area (Å²) in [6, 6.07) is 9.72. The summed E-state index contributed by atoms with van der Waals surface area (Å²) in [5.41, 5.74) is 0.448. The smallest absolute Gasteiger partial charge is 0.254 e. The number of nitrogens with zero attached hydrogens (tertiary/aromatic N) is 3. The largest absolute Gasteiger partial charge is 0.470 e. The predicted octanol–water partition coefficient (Wildman–Crippen LogP) is 1.77. The van der Waals surface area contributed by atoms with Crippen LogP contribution in [0.25, 0.3) is 0 Å². The Morgan fingerprint density at radius 1 is 1.14 bits per heavy atom. The van der Waals surface area contributed by atoms with Crippen molar-refractivity contribution < 1.29 is 22.7 Å². The molecule has 4 rings (SSSR count). The number of carbonyl (C=O) groups excluding carboxylic acids is 1. The number of aromatic nitrogens is 1. The zero-order chi connectivity index (χ0) is 20.4. The first-order valence-electron chi connectivity index (χ1n) is 9.19. The summed E-state index contributed by atoms with van der Waals surface area (Å²) in [7, 11) is -3.57. The molecule has 0 spiro atoms. The van der Waals surface area contributed by atoms with Crippen LogP contribution in [0.5, 0.6) is 5.88 Å². The van der Waals surface area contributed by atoms with Gasteiger partial charge in [-0.1, -0.05) is 0 Å². The number of amides is 1. The van der Waals surface area contributed by atoms with E-state index >= 15 is 0 Å². The van der Waals surface area contributed by atoms with Crippen molar-refractivity contribution >= 4 is 31.9 Å². The fourth-order valence-corrected chi connectivity index (χ4v) is 4.94. The highest BCUT2D eigenvalue weighted by atomic mass is 79.9. The van der Waals surface area contributed by atoms with Crippen molar-refractivity contribution in [3.8, 4) is 5.88 Å². The van der Waals surface area contributed by atoms with Crippen molar-refractivity contribution in [1.29, 1.82) is 0 Å². The third-order valence-electron chi connectivity index (χ3n) is 4.85. The van der Waals surface area contributed by atoms with Gasteiger partial charge < -0.3 is 14.4 Å². The summed E-state index contributed by atoms with van der Waals surface area (Å²) in [5, 5.41) is 0. The van der Waals surface area contributed by atoms with Gasteiger partial charge >= 0.3 is 0 Å². The van der Waals surface area contributed by atoms with Crippen LogP contribution in [-0.4, -0.2) is 74.0 Å². The maximum atomic E-state index is 12.7. The van der Waals surface area contributed by atoms with E-state index in [2.05, 4.69) is 20.9 Å². The van der Waals surface area contributed by atoms with Crippen LogP contribution in [0.15, 0.2) is 52.0 Å². The van der Waals surface area contributed by atoms with Crippen LogP contribution in [0.4, 0.5) is 0 Å². The Hall–Kier alpha value is -2.01. The molecule has 2 aliphatic rings. The van der Waals surface area contributed by atoms with Crippen molar-refractivity contribution in [2.24, 2.45) is 0 Å². The summed E-state index contributed by atoms with van der Waals surface area (Å²) >= 11 is 3.38. The number of sulfonamides is 1. The first-order valence-corrected chi connectivity index (χ1v) is 11.4. The lowest BCUT2D eigenvalue weighted by Gasteiger charge is -2.38. The molecule has 1 aromatic heterocycles. The van der Waals surface area contributed by atoms with Crippen molar-refractivity contribution in [3.63, 3.8) is 0 Å². The van der Waals surface area contributed by atoms with Crippen LogP contribution in [-0.2, 0) is 14.8 Å². The summed E-state index contributed by atoms with van der Waals surface area (Å²) in [5.74, 6) is 0.350. The topological polar surface area (TPSA) is 89.0 Å². The zero-order valence-electron chi connectivity index (χ0n) is 15.5. The minimum atomic E-state index is -3.57. The number of halogens is 1. The van der Waals surface area contributed by atoms with Gasteiger partial charge in [0.2, 0.25) is 15.9 Å². The van der Waals surface area contributed by atoms with Gasteiger partial charge in [-0.05, 0) is 52.3 Å². The van der Waals surface area contributed by atoms with Crippen molar-refractivity contribution in [3.05, 3.63) is 52.6 Å². The standard InChI is InChI=1S/C19H20BrN3O5S/c20-17-2-1-7-21-18(17)28-15-12-22(13-15)19(24)14-3-5-16(6-4-14)29(25,26)23-8-10-27-11-9-23/h1-7,15H,8-13H2. The van der Waals surface area contributed by atoms with Gasteiger partial charge in [0, 0.05) is 24.8 Å². The van der Waals surface area contributed by atoms with Crippen LogP contribution < -0.4 is 4.74 Å². The molecule has 29 heavy (non-hydrogen) atoms. The number of carbonyl (C=O) groups is 1. The molecule has 10 heteroatoms. The average molecular weight is 482 g/mol.